The molecular weight excluding hydrogens is 378 g/mol. The zero-order chi connectivity index (χ0) is 20.1. The summed E-state index contributed by atoms with van der Waals surface area (Å²) in [6.07, 6.45) is 4.00. The Labute approximate surface area is 178 Å². The van der Waals surface area contributed by atoms with Crippen molar-refractivity contribution in [2.75, 3.05) is 26.2 Å². The summed E-state index contributed by atoms with van der Waals surface area (Å²) in [7, 11) is 0. The molecule has 4 nitrogen and oxygen atoms in total. The summed E-state index contributed by atoms with van der Waals surface area (Å²) in [5, 5.41) is 0.699. The normalized spacial score (nSPS) is 15.0. The van der Waals surface area contributed by atoms with Crippen LogP contribution in [0, 0.1) is 0 Å². The molecule has 0 radical (unpaired) electrons. The summed E-state index contributed by atoms with van der Waals surface area (Å²) in [5.41, 5.74) is 2.32. The van der Waals surface area contributed by atoms with Crippen molar-refractivity contribution in [3.05, 3.63) is 54.1 Å². The van der Waals surface area contributed by atoms with E-state index in [0.29, 0.717) is 11.2 Å². The van der Waals surface area contributed by atoms with Crippen LogP contribution in [-0.2, 0) is 6.54 Å². The highest BCUT2D eigenvalue weighted by Crippen LogP contribution is 2.31. The standard InChI is InChI=1S/C24H31N3OS/c1-19(2)27(17-7-16-26-14-5-6-15-26)18-20-10-12-21(13-11-20)28-24-25-22-8-3-4-9-23(22)29-24/h3-4,8-13,19H,5-7,14-18H2,1-2H3. The lowest BCUT2D eigenvalue weighted by atomic mass is 10.1. The molecule has 2 heterocycles. The largest absolute Gasteiger partial charge is 0.431 e. The van der Waals surface area contributed by atoms with Crippen LogP contribution in [0.1, 0.15) is 38.7 Å². The molecule has 3 aromatic rings. The Morgan fingerprint density at radius 1 is 1.07 bits per heavy atom. The van der Waals surface area contributed by atoms with Gasteiger partial charge < -0.3 is 9.64 Å². The van der Waals surface area contributed by atoms with Gasteiger partial charge in [-0.25, -0.2) is 4.98 Å². The molecule has 0 amide bonds. The van der Waals surface area contributed by atoms with Crippen molar-refractivity contribution < 1.29 is 4.74 Å². The van der Waals surface area contributed by atoms with E-state index in [-0.39, 0.29) is 0 Å². The first kappa shape index (κ1) is 20.3. The van der Waals surface area contributed by atoms with Crippen LogP contribution >= 0.6 is 11.3 Å². The Kier molecular flexibility index (Phi) is 6.80. The number of fused-ring (bicyclic) bond motifs is 1. The highest BCUT2D eigenvalue weighted by molar-refractivity contribution is 7.20. The van der Waals surface area contributed by atoms with Crippen LogP contribution in [0.5, 0.6) is 10.9 Å². The molecule has 1 aliphatic heterocycles. The van der Waals surface area contributed by atoms with Crippen molar-refractivity contribution in [3.8, 4) is 10.9 Å². The van der Waals surface area contributed by atoms with Crippen molar-refractivity contribution in [3.63, 3.8) is 0 Å². The van der Waals surface area contributed by atoms with Crippen LogP contribution < -0.4 is 4.74 Å². The topological polar surface area (TPSA) is 28.6 Å². The lowest BCUT2D eigenvalue weighted by Gasteiger charge is -2.27. The van der Waals surface area contributed by atoms with E-state index in [1.807, 2.05) is 18.2 Å². The molecule has 1 aliphatic rings. The Balaban J connectivity index is 1.31. The fraction of sp³-hybridized carbons (Fsp3) is 0.458. The van der Waals surface area contributed by atoms with Crippen LogP contribution in [0.2, 0.25) is 0 Å². The number of hydrogen-bond acceptors (Lipinski definition) is 5. The van der Waals surface area contributed by atoms with Gasteiger partial charge in [-0.15, -0.1) is 0 Å². The van der Waals surface area contributed by atoms with Gasteiger partial charge in [0.15, 0.2) is 0 Å². The molecule has 0 unspecified atom stereocenters. The fourth-order valence-corrected chi connectivity index (χ4v) is 4.75. The van der Waals surface area contributed by atoms with Gasteiger partial charge in [-0.05, 0) is 89.1 Å². The van der Waals surface area contributed by atoms with E-state index in [1.54, 1.807) is 11.3 Å². The second-order valence-electron chi connectivity index (χ2n) is 8.16. The molecule has 1 aromatic heterocycles. The zero-order valence-corrected chi connectivity index (χ0v) is 18.3. The smallest absolute Gasteiger partial charge is 0.279 e. The van der Waals surface area contributed by atoms with Crippen LogP contribution in [-0.4, -0.2) is 47.0 Å². The third-order valence-electron chi connectivity index (χ3n) is 5.64. The molecule has 5 heteroatoms. The van der Waals surface area contributed by atoms with Crippen molar-refractivity contribution in [1.82, 2.24) is 14.8 Å². The summed E-state index contributed by atoms with van der Waals surface area (Å²) in [5.74, 6) is 0.845. The van der Waals surface area contributed by atoms with E-state index < -0.39 is 0 Å². The average Bonchev–Trinajstić information content (AvgIpc) is 3.37. The van der Waals surface area contributed by atoms with Gasteiger partial charge in [0.1, 0.15) is 5.75 Å². The van der Waals surface area contributed by atoms with Crippen molar-refractivity contribution in [2.45, 2.75) is 45.7 Å². The number of rotatable bonds is 9. The number of benzene rings is 2. The summed E-state index contributed by atoms with van der Waals surface area (Å²) in [4.78, 5) is 9.73. The van der Waals surface area contributed by atoms with Crippen molar-refractivity contribution in [2.24, 2.45) is 0 Å². The fourth-order valence-electron chi connectivity index (χ4n) is 3.92. The monoisotopic (exact) mass is 409 g/mol. The molecule has 0 saturated carbocycles. The molecule has 1 saturated heterocycles. The van der Waals surface area contributed by atoms with Gasteiger partial charge in [0.05, 0.1) is 10.2 Å². The van der Waals surface area contributed by atoms with Crippen molar-refractivity contribution >= 4 is 21.6 Å². The number of thiazole rings is 1. The minimum Gasteiger partial charge on any atom is -0.431 e. The van der Waals surface area contributed by atoms with Crippen LogP contribution in [0.25, 0.3) is 10.2 Å². The highest BCUT2D eigenvalue weighted by atomic mass is 32.1. The van der Waals surface area contributed by atoms with E-state index in [0.717, 1.165) is 29.1 Å². The summed E-state index contributed by atoms with van der Waals surface area (Å²) >= 11 is 1.58. The molecule has 29 heavy (non-hydrogen) atoms. The molecule has 0 atom stereocenters. The summed E-state index contributed by atoms with van der Waals surface area (Å²) < 4.78 is 7.13. The number of ether oxygens (including phenoxy) is 1. The van der Waals surface area contributed by atoms with E-state index in [1.165, 1.54) is 44.5 Å². The minimum absolute atomic E-state index is 0.548. The summed E-state index contributed by atoms with van der Waals surface area (Å²) in [6, 6.07) is 17.2. The minimum atomic E-state index is 0.548. The SMILES string of the molecule is CC(C)N(CCCN1CCCC1)Cc1ccc(Oc2nc3ccccc3s2)cc1. The first-order valence-corrected chi connectivity index (χ1v) is 11.6. The quantitative estimate of drug-likeness (QED) is 0.447. The van der Waals surface area contributed by atoms with Crippen LogP contribution in [0.15, 0.2) is 48.5 Å². The second kappa shape index (κ2) is 9.70. The molecule has 154 valence electrons. The number of likely N-dealkylation sites (tertiary alicyclic amines) is 1. The van der Waals surface area contributed by atoms with E-state index >= 15 is 0 Å². The third kappa shape index (κ3) is 5.56. The molecule has 0 spiro atoms. The molecule has 4 rings (SSSR count). The van der Waals surface area contributed by atoms with Crippen LogP contribution in [0.4, 0.5) is 0 Å². The Morgan fingerprint density at radius 3 is 2.55 bits per heavy atom. The number of aromatic nitrogens is 1. The molecular formula is C24H31N3OS. The molecule has 0 bridgehead atoms. The number of nitrogens with zero attached hydrogens (tertiary/aromatic N) is 3. The van der Waals surface area contributed by atoms with Gasteiger partial charge in [0.2, 0.25) is 0 Å². The molecule has 1 fully saturated rings. The van der Waals surface area contributed by atoms with Gasteiger partial charge in [-0.1, -0.05) is 35.6 Å². The van der Waals surface area contributed by atoms with Gasteiger partial charge in [0.25, 0.3) is 5.19 Å². The van der Waals surface area contributed by atoms with E-state index in [4.69, 9.17) is 4.74 Å². The first-order chi connectivity index (χ1) is 14.2. The van der Waals surface area contributed by atoms with Crippen LogP contribution in [0.3, 0.4) is 0 Å². The zero-order valence-electron chi connectivity index (χ0n) is 17.5. The highest BCUT2D eigenvalue weighted by Gasteiger charge is 2.14. The predicted octanol–water partition coefficient (Wildman–Crippen LogP) is 5.78. The van der Waals surface area contributed by atoms with Gasteiger partial charge in [-0.3, -0.25) is 4.90 Å². The summed E-state index contributed by atoms with van der Waals surface area (Å²) in [6.45, 7) is 10.5. The maximum Gasteiger partial charge on any atom is 0.279 e. The molecule has 0 aliphatic carbocycles. The van der Waals surface area contributed by atoms with E-state index in [9.17, 15) is 0 Å². The van der Waals surface area contributed by atoms with Gasteiger partial charge >= 0.3 is 0 Å². The number of para-hydroxylation sites is 1. The van der Waals surface area contributed by atoms with Gasteiger partial charge in [-0.2, -0.15) is 0 Å². The maximum atomic E-state index is 5.98. The lowest BCUT2D eigenvalue weighted by molar-refractivity contribution is 0.197. The molecule has 0 N–H and O–H groups in total. The third-order valence-corrected chi connectivity index (χ3v) is 6.55. The number of hydrogen-bond donors (Lipinski definition) is 0. The maximum absolute atomic E-state index is 5.98. The average molecular weight is 410 g/mol. The predicted molar refractivity (Wildman–Crippen MR) is 122 cm³/mol. The second-order valence-corrected chi connectivity index (χ2v) is 9.15. The van der Waals surface area contributed by atoms with E-state index in [2.05, 4.69) is 59.0 Å². The first-order valence-electron chi connectivity index (χ1n) is 10.8. The Hall–Kier alpha value is -1.95. The Morgan fingerprint density at radius 2 is 1.83 bits per heavy atom. The molecule has 2 aromatic carbocycles. The lowest BCUT2D eigenvalue weighted by Crippen LogP contribution is -2.33. The van der Waals surface area contributed by atoms with Crippen molar-refractivity contribution in [1.29, 1.82) is 0 Å². The Bertz CT molecular complexity index is 867. The van der Waals surface area contributed by atoms with Gasteiger partial charge in [0, 0.05) is 12.6 Å².